The number of hydrogen-bond acceptors (Lipinski definition) is 2. The van der Waals surface area contributed by atoms with Crippen molar-refractivity contribution in [2.75, 3.05) is 20.1 Å². The second-order valence-corrected chi connectivity index (χ2v) is 6.06. The zero-order valence-electron chi connectivity index (χ0n) is 14.4. The molecule has 0 saturated carbocycles. The first-order valence-corrected chi connectivity index (χ1v) is 8.34. The predicted octanol–water partition coefficient (Wildman–Crippen LogP) is 2.65. The zero-order chi connectivity index (χ0) is 17.2. The van der Waals surface area contributed by atoms with Crippen molar-refractivity contribution in [1.29, 1.82) is 0 Å². The van der Waals surface area contributed by atoms with Gasteiger partial charge < -0.3 is 15.5 Å². The highest BCUT2D eigenvalue weighted by atomic mass is 35.5. The Kier molecular flexibility index (Phi) is 8.48. The SMILES string of the molecule is CCNC(=NCCC(=O)NC(C)C)N(C)Cc1ccccc1Cl. The molecule has 0 unspecified atom stereocenters. The molecule has 1 aromatic carbocycles. The number of amides is 1. The first-order valence-electron chi connectivity index (χ1n) is 7.96. The molecule has 0 spiro atoms. The molecule has 0 atom stereocenters. The number of guanidine groups is 1. The molecule has 0 fully saturated rings. The van der Waals surface area contributed by atoms with Crippen molar-refractivity contribution in [2.45, 2.75) is 39.8 Å². The fraction of sp³-hybridized carbons (Fsp3) is 0.529. The Hall–Kier alpha value is -1.75. The van der Waals surface area contributed by atoms with Gasteiger partial charge in [-0.15, -0.1) is 0 Å². The van der Waals surface area contributed by atoms with E-state index in [0.717, 1.165) is 23.1 Å². The van der Waals surface area contributed by atoms with Crippen LogP contribution in [-0.4, -0.2) is 42.9 Å². The molecule has 0 aromatic heterocycles. The Morgan fingerprint density at radius 3 is 2.65 bits per heavy atom. The molecule has 6 heteroatoms. The molecule has 5 nitrogen and oxygen atoms in total. The maximum atomic E-state index is 11.7. The third-order valence-electron chi connectivity index (χ3n) is 3.11. The maximum absolute atomic E-state index is 11.7. The lowest BCUT2D eigenvalue weighted by molar-refractivity contribution is -0.121. The van der Waals surface area contributed by atoms with Crippen LogP contribution in [-0.2, 0) is 11.3 Å². The molecule has 23 heavy (non-hydrogen) atoms. The van der Waals surface area contributed by atoms with Crippen LogP contribution in [0.1, 0.15) is 32.8 Å². The Labute approximate surface area is 144 Å². The number of carbonyl (C=O) groups excluding carboxylic acids is 1. The van der Waals surface area contributed by atoms with Gasteiger partial charge in [-0.3, -0.25) is 9.79 Å². The van der Waals surface area contributed by atoms with Crippen LogP contribution in [0.2, 0.25) is 5.02 Å². The third kappa shape index (κ3) is 7.37. The molecule has 1 amide bonds. The molecular weight excluding hydrogens is 312 g/mol. The first kappa shape index (κ1) is 19.3. The fourth-order valence-electron chi connectivity index (χ4n) is 2.08. The fourth-order valence-corrected chi connectivity index (χ4v) is 2.28. The number of benzene rings is 1. The first-order chi connectivity index (χ1) is 10.9. The quantitative estimate of drug-likeness (QED) is 0.593. The van der Waals surface area contributed by atoms with Gasteiger partial charge in [0.25, 0.3) is 0 Å². The van der Waals surface area contributed by atoms with E-state index in [9.17, 15) is 4.79 Å². The average molecular weight is 339 g/mol. The van der Waals surface area contributed by atoms with Crippen LogP contribution in [0.4, 0.5) is 0 Å². The van der Waals surface area contributed by atoms with E-state index in [-0.39, 0.29) is 11.9 Å². The Morgan fingerprint density at radius 1 is 1.35 bits per heavy atom. The summed E-state index contributed by atoms with van der Waals surface area (Å²) in [5.41, 5.74) is 1.04. The third-order valence-corrected chi connectivity index (χ3v) is 3.48. The van der Waals surface area contributed by atoms with Gasteiger partial charge in [0, 0.05) is 37.6 Å². The van der Waals surface area contributed by atoms with Crippen LogP contribution in [0.25, 0.3) is 0 Å². The minimum atomic E-state index is 0.0216. The molecule has 1 rings (SSSR count). The Balaban J connectivity index is 2.63. The van der Waals surface area contributed by atoms with Crippen molar-refractivity contribution >= 4 is 23.5 Å². The molecule has 0 heterocycles. The summed E-state index contributed by atoms with van der Waals surface area (Å²) in [5, 5.41) is 6.85. The van der Waals surface area contributed by atoms with Crippen molar-refractivity contribution in [1.82, 2.24) is 15.5 Å². The van der Waals surface area contributed by atoms with Crippen LogP contribution < -0.4 is 10.6 Å². The van der Waals surface area contributed by atoms with Gasteiger partial charge in [-0.25, -0.2) is 0 Å². The smallest absolute Gasteiger partial charge is 0.222 e. The zero-order valence-corrected chi connectivity index (χ0v) is 15.2. The van der Waals surface area contributed by atoms with Gasteiger partial charge in [0.05, 0.1) is 6.54 Å². The van der Waals surface area contributed by atoms with Crippen molar-refractivity contribution in [3.8, 4) is 0 Å². The number of rotatable bonds is 7. The maximum Gasteiger partial charge on any atom is 0.222 e. The molecule has 0 aliphatic heterocycles. The Bertz CT molecular complexity index is 531. The number of carbonyl (C=O) groups is 1. The molecule has 0 bridgehead atoms. The van der Waals surface area contributed by atoms with E-state index >= 15 is 0 Å². The normalized spacial score (nSPS) is 11.5. The predicted molar refractivity (Wildman–Crippen MR) is 96.8 cm³/mol. The minimum absolute atomic E-state index is 0.0216. The summed E-state index contributed by atoms with van der Waals surface area (Å²) in [6.07, 6.45) is 0.382. The molecule has 0 aliphatic carbocycles. The summed E-state index contributed by atoms with van der Waals surface area (Å²) in [6.45, 7) is 7.79. The highest BCUT2D eigenvalue weighted by molar-refractivity contribution is 6.31. The molecular formula is C17H27ClN4O. The van der Waals surface area contributed by atoms with Gasteiger partial charge in [0.1, 0.15) is 0 Å². The molecule has 2 N–H and O–H groups in total. The lowest BCUT2D eigenvalue weighted by Crippen LogP contribution is -2.39. The van der Waals surface area contributed by atoms with Gasteiger partial charge >= 0.3 is 0 Å². The molecule has 128 valence electrons. The van der Waals surface area contributed by atoms with E-state index in [4.69, 9.17) is 11.6 Å². The van der Waals surface area contributed by atoms with Crippen LogP contribution >= 0.6 is 11.6 Å². The van der Waals surface area contributed by atoms with Crippen LogP contribution in [0, 0.1) is 0 Å². The summed E-state index contributed by atoms with van der Waals surface area (Å²) >= 11 is 6.20. The van der Waals surface area contributed by atoms with Gasteiger partial charge in [-0.2, -0.15) is 0 Å². The van der Waals surface area contributed by atoms with Gasteiger partial charge in [0.2, 0.25) is 5.91 Å². The number of aliphatic imine (C=N–C) groups is 1. The van der Waals surface area contributed by atoms with Gasteiger partial charge in [-0.1, -0.05) is 29.8 Å². The van der Waals surface area contributed by atoms with E-state index < -0.39 is 0 Å². The van der Waals surface area contributed by atoms with Crippen molar-refractivity contribution in [3.05, 3.63) is 34.9 Å². The van der Waals surface area contributed by atoms with E-state index in [0.29, 0.717) is 19.5 Å². The summed E-state index contributed by atoms with van der Waals surface area (Å²) in [5.74, 6) is 0.790. The van der Waals surface area contributed by atoms with Crippen molar-refractivity contribution in [2.24, 2.45) is 4.99 Å². The highest BCUT2D eigenvalue weighted by Crippen LogP contribution is 2.16. The molecule has 0 saturated heterocycles. The van der Waals surface area contributed by atoms with Crippen molar-refractivity contribution in [3.63, 3.8) is 0 Å². The van der Waals surface area contributed by atoms with Gasteiger partial charge in [-0.05, 0) is 32.4 Å². The number of hydrogen-bond donors (Lipinski definition) is 2. The number of nitrogens with zero attached hydrogens (tertiary/aromatic N) is 2. The second-order valence-electron chi connectivity index (χ2n) is 5.66. The number of nitrogens with one attached hydrogen (secondary N) is 2. The largest absolute Gasteiger partial charge is 0.357 e. The van der Waals surface area contributed by atoms with E-state index in [1.54, 1.807) is 0 Å². The van der Waals surface area contributed by atoms with E-state index in [1.807, 2.05) is 57.0 Å². The molecule has 0 radical (unpaired) electrons. The summed E-state index contributed by atoms with van der Waals surface area (Å²) < 4.78 is 0. The van der Waals surface area contributed by atoms with Crippen molar-refractivity contribution < 1.29 is 4.79 Å². The molecule has 0 aliphatic rings. The lowest BCUT2D eigenvalue weighted by atomic mass is 10.2. The lowest BCUT2D eigenvalue weighted by Gasteiger charge is -2.22. The van der Waals surface area contributed by atoms with Crippen LogP contribution in [0.5, 0.6) is 0 Å². The summed E-state index contributed by atoms with van der Waals surface area (Å²) in [4.78, 5) is 18.2. The molecule has 1 aromatic rings. The van der Waals surface area contributed by atoms with Crippen LogP contribution in [0.3, 0.4) is 0 Å². The average Bonchev–Trinajstić information content (AvgIpc) is 2.48. The van der Waals surface area contributed by atoms with E-state index in [2.05, 4.69) is 15.6 Å². The standard InChI is InChI=1S/C17H27ClN4O/c1-5-19-17(20-11-10-16(23)21-13(2)3)22(4)12-14-8-6-7-9-15(14)18/h6-9,13H,5,10-12H2,1-4H3,(H,19,20)(H,21,23). The van der Waals surface area contributed by atoms with Gasteiger partial charge in [0.15, 0.2) is 5.96 Å². The summed E-state index contributed by atoms with van der Waals surface area (Å²) in [6, 6.07) is 7.92. The highest BCUT2D eigenvalue weighted by Gasteiger charge is 2.09. The topological polar surface area (TPSA) is 56.7 Å². The second kappa shape index (κ2) is 10.1. The number of halogens is 1. The monoisotopic (exact) mass is 338 g/mol. The Morgan fingerprint density at radius 2 is 2.04 bits per heavy atom. The van der Waals surface area contributed by atoms with E-state index in [1.165, 1.54) is 0 Å². The summed E-state index contributed by atoms with van der Waals surface area (Å²) in [7, 11) is 1.96. The minimum Gasteiger partial charge on any atom is -0.357 e. The van der Waals surface area contributed by atoms with Crippen LogP contribution in [0.15, 0.2) is 29.3 Å².